The lowest BCUT2D eigenvalue weighted by Crippen LogP contribution is -2.23. The van der Waals surface area contributed by atoms with E-state index in [4.69, 9.17) is 5.11 Å². The molecule has 0 atom stereocenters. The van der Waals surface area contributed by atoms with Gasteiger partial charge in [-0.2, -0.15) is 0 Å². The predicted octanol–water partition coefficient (Wildman–Crippen LogP) is 6.00. The lowest BCUT2D eigenvalue weighted by molar-refractivity contribution is -0.136. The number of fused-ring (bicyclic) bond motifs is 1. The smallest absolute Gasteiger partial charge is 0.307 e. The number of carboxylic acid groups (broad SMARTS) is 1. The zero-order valence-electron chi connectivity index (χ0n) is 18.3. The Hall–Kier alpha value is -2.25. The number of carboxylic acids is 1. The molecular formula is C26H31NO2S. The first-order valence-corrected chi connectivity index (χ1v) is 11.9. The van der Waals surface area contributed by atoms with Crippen LogP contribution in [0.4, 0.5) is 0 Å². The first-order valence-electron chi connectivity index (χ1n) is 10.9. The Balaban J connectivity index is 1.90. The average Bonchev–Trinajstić information content (AvgIpc) is 2.70. The first kappa shape index (κ1) is 22.4. The number of aliphatic carboxylic acids is 1. The molecule has 0 amide bonds. The second-order valence-corrected chi connectivity index (χ2v) is 9.81. The van der Waals surface area contributed by atoms with Crippen LogP contribution < -0.4 is 0 Å². The summed E-state index contributed by atoms with van der Waals surface area (Å²) in [6.07, 6.45) is 8.80. The van der Waals surface area contributed by atoms with E-state index >= 15 is 0 Å². The molecule has 0 aliphatic carbocycles. The van der Waals surface area contributed by atoms with E-state index in [1.165, 1.54) is 53.9 Å². The Morgan fingerprint density at radius 1 is 1.20 bits per heavy atom. The molecule has 0 spiro atoms. The zero-order chi connectivity index (χ0) is 21.6. The van der Waals surface area contributed by atoms with E-state index in [0.29, 0.717) is 11.3 Å². The van der Waals surface area contributed by atoms with Gasteiger partial charge in [0.2, 0.25) is 0 Å². The summed E-state index contributed by atoms with van der Waals surface area (Å²) in [6, 6.07) is 8.29. The van der Waals surface area contributed by atoms with Crippen molar-refractivity contribution in [3.8, 4) is 11.8 Å². The number of aromatic nitrogens is 1. The number of hydrogen-bond donors (Lipinski definition) is 1. The minimum Gasteiger partial charge on any atom is -0.481 e. The first-order chi connectivity index (χ1) is 14.4. The fourth-order valence-electron chi connectivity index (χ4n) is 3.80. The van der Waals surface area contributed by atoms with E-state index in [1.807, 2.05) is 17.8 Å². The standard InChI is InChI=1S/C26H31NO2S/c1-4-5-6-7-8-20-17-24-23(26(2,3)13-14-30-24)16-21(20)10-12-22-11-9-19(18-27-22)15-25(28)29/h9,11,16-18H,4-8,13-15H2,1-3H3,(H,28,29). The molecule has 0 unspecified atom stereocenters. The lowest BCUT2D eigenvalue weighted by atomic mass is 9.80. The molecule has 0 saturated heterocycles. The largest absolute Gasteiger partial charge is 0.481 e. The van der Waals surface area contributed by atoms with E-state index in [-0.39, 0.29) is 11.8 Å². The summed E-state index contributed by atoms with van der Waals surface area (Å²) in [5, 5.41) is 8.90. The second kappa shape index (κ2) is 10.2. The summed E-state index contributed by atoms with van der Waals surface area (Å²) in [5.41, 5.74) is 5.39. The van der Waals surface area contributed by atoms with Crippen LogP contribution in [0.3, 0.4) is 0 Å². The quantitative estimate of drug-likeness (QED) is 0.440. The van der Waals surface area contributed by atoms with Crippen molar-refractivity contribution >= 4 is 17.7 Å². The van der Waals surface area contributed by atoms with Crippen molar-refractivity contribution in [3.05, 3.63) is 58.4 Å². The molecule has 1 aliphatic rings. The van der Waals surface area contributed by atoms with Crippen LogP contribution in [-0.2, 0) is 23.1 Å². The number of thioether (sulfide) groups is 1. The van der Waals surface area contributed by atoms with Crippen LogP contribution in [0.25, 0.3) is 0 Å². The van der Waals surface area contributed by atoms with Gasteiger partial charge in [0.1, 0.15) is 5.69 Å². The van der Waals surface area contributed by atoms with Gasteiger partial charge in [-0.3, -0.25) is 4.79 Å². The van der Waals surface area contributed by atoms with Crippen LogP contribution >= 0.6 is 11.8 Å². The number of carbonyl (C=O) groups is 1. The maximum atomic E-state index is 10.8. The maximum Gasteiger partial charge on any atom is 0.307 e. The van der Waals surface area contributed by atoms with E-state index in [9.17, 15) is 4.79 Å². The number of pyridine rings is 1. The van der Waals surface area contributed by atoms with Crippen molar-refractivity contribution in [2.24, 2.45) is 0 Å². The minimum absolute atomic E-state index is 0.0137. The lowest BCUT2D eigenvalue weighted by Gasteiger charge is -2.32. The molecule has 0 radical (unpaired) electrons. The second-order valence-electron chi connectivity index (χ2n) is 8.67. The highest BCUT2D eigenvalue weighted by atomic mass is 32.2. The molecule has 0 bridgehead atoms. The number of hydrogen-bond acceptors (Lipinski definition) is 3. The summed E-state index contributed by atoms with van der Waals surface area (Å²) >= 11 is 1.97. The van der Waals surface area contributed by atoms with Crippen LogP contribution in [0, 0.1) is 11.8 Å². The topological polar surface area (TPSA) is 50.2 Å². The molecule has 0 fully saturated rings. The molecule has 1 aromatic heterocycles. The molecule has 3 nitrogen and oxygen atoms in total. The summed E-state index contributed by atoms with van der Waals surface area (Å²) in [7, 11) is 0. The van der Waals surface area contributed by atoms with Gasteiger partial charge in [0.25, 0.3) is 0 Å². The fraction of sp³-hybridized carbons (Fsp3) is 0.462. The fourth-order valence-corrected chi connectivity index (χ4v) is 5.34. The number of benzene rings is 1. The van der Waals surface area contributed by atoms with Gasteiger partial charge in [0, 0.05) is 16.7 Å². The van der Waals surface area contributed by atoms with Crippen molar-refractivity contribution in [3.63, 3.8) is 0 Å². The van der Waals surface area contributed by atoms with Gasteiger partial charge in [-0.05, 0) is 71.2 Å². The van der Waals surface area contributed by atoms with Gasteiger partial charge >= 0.3 is 5.97 Å². The Bertz CT molecular complexity index is 951. The molecule has 3 rings (SSSR count). The Kier molecular flexibility index (Phi) is 7.61. The predicted molar refractivity (Wildman–Crippen MR) is 124 cm³/mol. The summed E-state index contributed by atoms with van der Waals surface area (Å²) < 4.78 is 0. The van der Waals surface area contributed by atoms with E-state index in [2.05, 4.69) is 49.7 Å². The van der Waals surface area contributed by atoms with Crippen molar-refractivity contribution in [2.45, 2.75) is 76.0 Å². The molecule has 4 heteroatoms. The van der Waals surface area contributed by atoms with Crippen molar-refractivity contribution < 1.29 is 9.90 Å². The van der Waals surface area contributed by atoms with Gasteiger partial charge in [-0.15, -0.1) is 11.8 Å². The highest BCUT2D eigenvalue weighted by molar-refractivity contribution is 7.99. The molecule has 158 valence electrons. The molecule has 1 aliphatic heterocycles. The number of aryl methyl sites for hydroxylation is 1. The zero-order valence-corrected chi connectivity index (χ0v) is 19.1. The maximum absolute atomic E-state index is 10.8. The van der Waals surface area contributed by atoms with Gasteiger partial charge in [0.15, 0.2) is 0 Å². The average molecular weight is 422 g/mol. The van der Waals surface area contributed by atoms with Gasteiger partial charge < -0.3 is 5.11 Å². The number of unbranched alkanes of at least 4 members (excludes halogenated alkanes) is 3. The van der Waals surface area contributed by atoms with Gasteiger partial charge in [-0.25, -0.2) is 4.98 Å². The van der Waals surface area contributed by atoms with Crippen LogP contribution in [0.5, 0.6) is 0 Å². The molecule has 30 heavy (non-hydrogen) atoms. The highest BCUT2D eigenvalue weighted by Gasteiger charge is 2.28. The summed E-state index contributed by atoms with van der Waals surface area (Å²) in [5.74, 6) is 6.91. The third kappa shape index (κ3) is 5.89. The number of rotatable bonds is 7. The number of nitrogens with zero attached hydrogens (tertiary/aromatic N) is 1. The summed E-state index contributed by atoms with van der Waals surface area (Å²) in [6.45, 7) is 6.89. The van der Waals surface area contributed by atoms with Crippen LogP contribution in [-0.4, -0.2) is 21.8 Å². The molecule has 2 heterocycles. The van der Waals surface area contributed by atoms with E-state index in [1.54, 1.807) is 12.3 Å². The van der Waals surface area contributed by atoms with Gasteiger partial charge in [-0.1, -0.05) is 52.0 Å². The SMILES string of the molecule is CCCCCCc1cc2c(cc1C#Cc1ccc(CC(=O)O)cn1)C(C)(C)CCS2. The third-order valence-electron chi connectivity index (χ3n) is 5.72. The van der Waals surface area contributed by atoms with E-state index in [0.717, 1.165) is 12.0 Å². The van der Waals surface area contributed by atoms with Crippen molar-refractivity contribution in [1.82, 2.24) is 4.98 Å². The van der Waals surface area contributed by atoms with Crippen LogP contribution in [0.1, 0.15) is 80.8 Å². The highest BCUT2D eigenvalue weighted by Crippen LogP contribution is 2.42. The van der Waals surface area contributed by atoms with Crippen LogP contribution in [0.15, 0.2) is 35.4 Å². The third-order valence-corrected chi connectivity index (χ3v) is 6.78. The molecule has 1 N–H and O–H groups in total. The van der Waals surface area contributed by atoms with Gasteiger partial charge in [0.05, 0.1) is 6.42 Å². The Morgan fingerprint density at radius 3 is 2.73 bits per heavy atom. The van der Waals surface area contributed by atoms with E-state index < -0.39 is 5.97 Å². The van der Waals surface area contributed by atoms with Crippen molar-refractivity contribution in [1.29, 1.82) is 0 Å². The molecular weight excluding hydrogens is 390 g/mol. The normalized spacial score (nSPS) is 14.5. The van der Waals surface area contributed by atoms with Crippen LogP contribution in [0.2, 0.25) is 0 Å². The Labute approximate surface area is 184 Å². The monoisotopic (exact) mass is 421 g/mol. The Morgan fingerprint density at radius 2 is 2.03 bits per heavy atom. The minimum atomic E-state index is -0.849. The molecule has 1 aromatic carbocycles. The van der Waals surface area contributed by atoms with Crippen molar-refractivity contribution in [2.75, 3.05) is 5.75 Å². The molecule has 0 saturated carbocycles. The molecule has 2 aromatic rings. The summed E-state index contributed by atoms with van der Waals surface area (Å²) in [4.78, 5) is 16.6.